The number of anilines is 2. The quantitative estimate of drug-likeness (QED) is 0.553. The summed E-state index contributed by atoms with van der Waals surface area (Å²) in [7, 11) is 0. The average Bonchev–Trinajstić information content (AvgIpc) is 3.07. The van der Waals surface area contributed by atoms with E-state index >= 15 is 0 Å². The summed E-state index contributed by atoms with van der Waals surface area (Å²) in [5.41, 5.74) is 6.79. The number of amides is 1. The van der Waals surface area contributed by atoms with E-state index < -0.39 is 29.7 Å². The number of aromatic nitrogens is 4. The van der Waals surface area contributed by atoms with Gasteiger partial charge in [-0.2, -0.15) is 22.7 Å². The fourth-order valence-electron chi connectivity index (χ4n) is 3.14. The Hall–Kier alpha value is -3.70. The summed E-state index contributed by atoms with van der Waals surface area (Å²) >= 11 is 0. The molecule has 3 N–H and O–H groups in total. The predicted octanol–water partition coefficient (Wildman–Crippen LogP) is 2.85. The van der Waals surface area contributed by atoms with Gasteiger partial charge in [0.1, 0.15) is 0 Å². The highest BCUT2D eigenvalue weighted by Gasteiger charge is 2.30. The van der Waals surface area contributed by atoms with Crippen molar-refractivity contribution in [3.05, 3.63) is 46.8 Å². The molecule has 3 aromatic rings. The summed E-state index contributed by atoms with van der Waals surface area (Å²) in [6.45, 7) is 4.90. The Morgan fingerprint density at radius 2 is 1.97 bits per heavy atom. The van der Waals surface area contributed by atoms with E-state index in [1.165, 1.54) is 23.6 Å². The van der Waals surface area contributed by atoms with Crippen LogP contribution in [0.4, 0.5) is 24.8 Å². The van der Waals surface area contributed by atoms with Crippen LogP contribution in [0.2, 0.25) is 0 Å². The van der Waals surface area contributed by atoms with Gasteiger partial charge in [-0.05, 0) is 51.0 Å². The Morgan fingerprint density at radius 3 is 2.66 bits per heavy atom. The number of esters is 1. The van der Waals surface area contributed by atoms with Crippen molar-refractivity contribution in [1.29, 1.82) is 0 Å². The zero-order valence-electron chi connectivity index (χ0n) is 17.5. The van der Waals surface area contributed by atoms with Gasteiger partial charge in [-0.1, -0.05) is 6.07 Å². The van der Waals surface area contributed by atoms with E-state index in [4.69, 9.17) is 10.5 Å². The van der Waals surface area contributed by atoms with E-state index in [1.54, 1.807) is 13.8 Å². The van der Waals surface area contributed by atoms with Crippen molar-refractivity contribution in [3.63, 3.8) is 0 Å². The van der Waals surface area contributed by atoms with E-state index in [2.05, 4.69) is 20.4 Å². The fraction of sp³-hybridized carbons (Fsp3) is 0.350. The number of fused-ring (bicyclic) bond motifs is 1. The summed E-state index contributed by atoms with van der Waals surface area (Å²) in [4.78, 5) is 32.8. The maximum absolute atomic E-state index is 12.8. The zero-order chi connectivity index (χ0) is 23.6. The fourth-order valence-corrected chi connectivity index (χ4v) is 3.14. The van der Waals surface area contributed by atoms with Gasteiger partial charge in [0.25, 0.3) is 11.7 Å². The molecular weight excluding hydrogens is 429 g/mol. The molecule has 0 aliphatic heterocycles. The molecule has 1 atom stereocenters. The van der Waals surface area contributed by atoms with Crippen LogP contribution < -0.4 is 11.1 Å². The molecule has 32 heavy (non-hydrogen) atoms. The highest BCUT2D eigenvalue weighted by atomic mass is 19.4. The standard InChI is InChI=1S/C20H21F3N6O3/c1-10-15(11(2)29-19(25-10)27-18(24)28-29)7-8-16(30)32-12(3)17(31)26-14-6-4-5-13(9-14)20(21,22)23/h4-6,9,12H,7-8H2,1-3H3,(H2,24,28)(H,26,31)/t12-/m1/s1. The van der Waals surface area contributed by atoms with Crippen LogP contribution in [-0.4, -0.2) is 37.6 Å². The normalized spacial score (nSPS) is 12.6. The molecule has 0 saturated heterocycles. The first-order valence-corrected chi connectivity index (χ1v) is 9.61. The Morgan fingerprint density at radius 1 is 1.25 bits per heavy atom. The molecule has 0 spiro atoms. The molecule has 3 rings (SSSR count). The molecule has 0 radical (unpaired) electrons. The molecule has 2 aromatic heterocycles. The molecule has 0 unspecified atom stereocenters. The van der Waals surface area contributed by atoms with Gasteiger partial charge >= 0.3 is 12.1 Å². The number of aryl methyl sites for hydroxylation is 2. The Balaban J connectivity index is 1.59. The van der Waals surface area contributed by atoms with Gasteiger partial charge in [0.2, 0.25) is 5.95 Å². The van der Waals surface area contributed by atoms with Gasteiger partial charge in [0, 0.05) is 23.5 Å². The molecule has 170 valence electrons. The molecule has 2 heterocycles. The molecule has 0 fully saturated rings. The third kappa shape index (κ3) is 5.13. The van der Waals surface area contributed by atoms with E-state index in [0.717, 1.165) is 23.4 Å². The SMILES string of the molecule is Cc1nc2nc(N)nn2c(C)c1CCC(=O)O[C@H](C)C(=O)Nc1cccc(C(F)(F)F)c1. The number of hydrogen-bond donors (Lipinski definition) is 2. The number of hydrogen-bond acceptors (Lipinski definition) is 7. The van der Waals surface area contributed by atoms with Crippen LogP contribution in [0.25, 0.3) is 5.78 Å². The number of rotatable bonds is 6. The van der Waals surface area contributed by atoms with Gasteiger partial charge in [-0.3, -0.25) is 9.59 Å². The maximum Gasteiger partial charge on any atom is 0.416 e. The summed E-state index contributed by atoms with van der Waals surface area (Å²) < 4.78 is 45.0. The van der Waals surface area contributed by atoms with Gasteiger partial charge in [0.05, 0.1) is 5.56 Å². The second kappa shape index (κ2) is 8.81. The van der Waals surface area contributed by atoms with Crippen molar-refractivity contribution in [3.8, 4) is 0 Å². The molecular formula is C20H21F3N6O3. The highest BCUT2D eigenvalue weighted by Crippen LogP contribution is 2.30. The van der Waals surface area contributed by atoms with Gasteiger partial charge in [-0.25, -0.2) is 4.98 Å². The topological polar surface area (TPSA) is 124 Å². The van der Waals surface area contributed by atoms with E-state index in [1.807, 2.05) is 0 Å². The van der Waals surface area contributed by atoms with Crippen molar-refractivity contribution in [1.82, 2.24) is 19.6 Å². The van der Waals surface area contributed by atoms with Crippen LogP contribution in [0.15, 0.2) is 24.3 Å². The van der Waals surface area contributed by atoms with Crippen LogP contribution in [-0.2, 0) is 26.9 Å². The van der Waals surface area contributed by atoms with Crippen molar-refractivity contribution in [2.24, 2.45) is 0 Å². The Labute approximate surface area is 180 Å². The van der Waals surface area contributed by atoms with Crippen LogP contribution in [0.3, 0.4) is 0 Å². The molecule has 9 nitrogen and oxygen atoms in total. The number of halogens is 3. The lowest BCUT2D eigenvalue weighted by Gasteiger charge is -2.15. The largest absolute Gasteiger partial charge is 0.453 e. The summed E-state index contributed by atoms with van der Waals surface area (Å²) in [5.74, 6) is -0.958. The highest BCUT2D eigenvalue weighted by molar-refractivity contribution is 5.95. The van der Waals surface area contributed by atoms with E-state index in [9.17, 15) is 22.8 Å². The van der Waals surface area contributed by atoms with Gasteiger partial charge in [-0.15, -0.1) is 5.10 Å². The third-order valence-corrected chi connectivity index (χ3v) is 4.78. The summed E-state index contributed by atoms with van der Waals surface area (Å²) in [5, 5.41) is 6.37. The summed E-state index contributed by atoms with van der Waals surface area (Å²) in [6.07, 6.45) is -5.50. The maximum atomic E-state index is 12.8. The van der Waals surface area contributed by atoms with Gasteiger partial charge in [0.15, 0.2) is 6.10 Å². The number of carbonyl (C=O) groups excluding carboxylic acids is 2. The van der Waals surface area contributed by atoms with Crippen molar-refractivity contribution in [2.75, 3.05) is 11.1 Å². The monoisotopic (exact) mass is 450 g/mol. The number of alkyl halides is 3. The minimum Gasteiger partial charge on any atom is -0.453 e. The number of nitrogens with zero attached hydrogens (tertiary/aromatic N) is 4. The van der Waals surface area contributed by atoms with Crippen molar-refractivity contribution < 1.29 is 27.5 Å². The first kappa shape index (κ1) is 23.0. The second-order valence-corrected chi connectivity index (χ2v) is 7.14. The zero-order valence-corrected chi connectivity index (χ0v) is 17.5. The molecule has 1 amide bonds. The smallest absolute Gasteiger partial charge is 0.416 e. The lowest BCUT2D eigenvalue weighted by Crippen LogP contribution is -2.30. The molecule has 12 heteroatoms. The van der Waals surface area contributed by atoms with Crippen LogP contribution >= 0.6 is 0 Å². The minimum absolute atomic E-state index is 0.0414. The van der Waals surface area contributed by atoms with E-state index in [-0.39, 0.29) is 24.5 Å². The van der Waals surface area contributed by atoms with Gasteiger partial charge < -0.3 is 15.8 Å². The molecule has 0 aliphatic rings. The number of carbonyl (C=O) groups is 2. The van der Waals surface area contributed by atoms with Crippen LogP contribution in [0.5, 0.6) is 0 Å². The second-order valence-electron chi connectivity index (χ2n) is 7.14. The van der Waals surface area contributed by atoms with E-state index in [0.29, 0.717) is 11.5 Å². The van der Waals surface area contributed by atoms with Crippen LogP contribution in [0, 0.1) is 13.8 Å². The first-order chi connectivity index (χ1) is 15.0. The van der Waals surface area contributed by atoms with Crippen molar-refractivity contribution in [2.45, 2.75) is 45.9 Å². The number of ether oxygens (including phenoxy) is 1. The molecule has 1 aromatic carbocycles. The number of benzene rings is 1. The first-order valence-electron chi connectivity index (χ1n) is 9.61. The summed E-state index contributed by atoms with van der Waals surface area (Å²) in [6, 6.07) is 4.18. The Kier molecular flexibility index (Phi) is 6.32. The van der Waals surface area contributed by atoms with Crippen molar-refractivity contribution >= 4 is 29.3 Å². The molecule has 0 bridgehead atoms. The lowest BCUT2D eigenvalue weighted by atomic mass is 10.1. The number of nitrogen functional groups attached to an aromatic ring is 1. The molecule has 0 aliphatic carbocycles. The lowest BCUT2D eigenvalue weighted by molar-refractivity contribution is -0.153. The Bertz CT molecular complexity index is 1180. The number of nitrogens with two attached hydrogens (primary N) is 1. The molecule has 0 saturated carbocycles. The predicted molar refractivity (Wildman–Crippen MR) is 109 cm³/mol. The average molecular weight is 450 g/mol. The number of nitrogens with one attached hydrogen (secondary N) is 1. The minimum atomic E-state index is -4.54. The third-order valence-electron chi connectivity index (χ3n) is 4.78. The van der Waals surface area contributed by atoms with Crippen LogP contribution in [0.1, 0.15) is 35.9 Å².